The largest absolute Gasteiger partial charge is 0.399 e. The standard InChI is InChI=1S/C15H12ClN3OS/c16-12-6-1-2-7-13(12)21-9-14-18-15(20-19-14)10-4-3-5-11(17)8-10/h1-8H,9,17H2. The molecule has 6 heteroatoms. The van der Waals surface area contributed by atoms with E-state index < -0.39 is 0 Å². The average molecular weight is 318 g/mol. The van der Waals surface area contributed by atoms with Gasteiger partial charge in [-0.3, -0.25) is 0 Å². The first-order valence-electron chi connectivity index (χ1n) is 6.28. The van der Waals surface area contributed by atoms with Crippen LogP contribution in [0.25, 0.3) is 11.5 Å². The lowest BCUT2D eigenvalue weighted by molar-refractivity contribution is 0.425. The quantitative estimate of drug-likeness (QED) is 0.575. The third kappa shape index (κ3) is 3.37. The van der Waals surface area contributed by atoms with Crippen LogP contribution in [0.2, 0.25) is 5.02 Å². The Morgan fingerprint density at radius 1 is 1.14 bits per heavy atom. The molecule has 0 atom stereocenters. The van der Waals surface area contributed by atoms with Crippen LogP contribution in [0.4, 0.5) is 5.69 Å². The van der Waals surface area contributed by atoms with Crippen LogP contribution in [-0.2, 0) is 5.75 Å². The minimum absolute atomic E-state index is 0.469. The lowest BCUT2D eigenvalue weighted by atomic mass is 10.2. The number of hydrogen-bond donors (Lipinski definition) is 1. The summed E-state index contributed by atoms with van der Waals surface area (Å²) in [6.45, 7) is 0. The second kappa shape index (κ2) is 6.20. The van der Waals surface area contributed by atoms with Crippen molar-refractivity contribution in [3.8, 4) is 11.5 Å². The van der Waals surface area contributed by atoms with Crippen LogP contribution in [0.15, 0.2) is 57.9 Å². The van der Waals surface area contributed by atoms with E-state index in [9.17, 15) is 0 Å². The number of hydrogen-bond acceptors (Lipinski definition) is 5. The Bertz CT molecular complexity index is 760. The van der Waals surface area contributed by atoms with E-state index in [0.29, 0.717) is 23.2 Å². The molecule has 21 heavy (non-hydrogen) atoms. The molecule has 3 aromatic rings. The van der Waals surface area contributed by atoms with Crippen molar-refractivity contribution in [3.05, 3.63) is 59.4 Å². The molecular formula is C15H12ClN3OS. The summed E-state index contributed by atoms with van der Waals surface area (Å²) in [4.78, 5) is 5.36. The summed E-state index contributed by atoms with van der Waals surface area (Å²) in [5, 5.41) is 4.70. The van der Waals surface area contributed by atoms with Crippen molar-refractivity contribution in [1.82, 2.24) is 10.1 Å². The van der Waals surface area contributed by atoms with Gasteiger partial charge in [0, 0.05) is 16.1 Å². The highest BCUT2D eigenvalue weighted by molar-refractivity contribution is 7.98. The van der Waals surface area contributed by atoms with Gasteiger partial charge in [0.1, 0.15) is 0 Å². The summed E-state index contributed by atoms with van der Waals surface area (Å²) >= 11 is 7.68. The predicted molar refractivity (Wildman–Crippen MR) is 85.2 cm³/mol. The van der Waals surface area contributed by atoms with E-state index in [4.69, 9.17) is 21.9 Å². The van der Waals surface area contributed by atoms with Gasteiger partial charge in [-0.25, -0.2) is 0 Å². The Balaban J connectivity index is 1.72. The van der Waals surface area contributed by atoms with Gasteiger partial charge in [-0.1, -0.05) is 35.0 Å². The van der Waals surface area contributed by atoms with Gasteiger partial charge < -0.3 is 10.3 Å². The lowest BCUT2D eigenvalue weighted by Crippen LogP contribution is -1.86. The van der Waals surface area contributed by atoms with Gasteiger partial charge in [-0.15, -0.1) is 11.8 Å². The molecule has 0 aliphatic rings. The summed E-state index contributed by atoms with van der Waals surface area (Å²) in [7, 11) is 0. The van der Waals surface area contributed by atoms with Crippen LogP contribution in [-0.4, -0.2) is 10.1 Å². The maximum Gasteiger partial charge on any atom is 0.258 e. The SMILES string of the molecule is Nc1cccc(-c2nc(CSc3ccccc3Cl)no2)c1. The lowest BCUT2D eigenvalue weighted by Gasteiger charge is -2.00. The van der Waals surface area contributed by atoms with Gasteiger partial charge in [-0.2, -0.15) is 4.98 Å². The molecule has 0 aliphatic carbocycles. The highest BCUT2D eigenvalue weighted by Crippen LogP contribution is 2.29. The van der Waals surface area contributed by atoms with Crippen LogP contribution < -0.4 is 5.73 Å². The fourth-order valence-electron chi connectivity index (χ4n) is 1.81. The van der Waals surface area contributed by atoms with E-state index in [2.05, 4.69) is 10.1 Å². The molecule has 4 nitrogen and oxygen atoms in total. The van der Waals surface area contributed by atoms with Crippen molar-refractivity contribution >= 4 is 29.1 Å². The first kappa shape index (κ1) is 14.0. The first-order valence-corrected chi connectivity index (χ1v) is 7.64. The highest BCUT2D eigenvalue weighted by Gasteiger charge is 2.10. The normalized spacial score (nSPS) is 10.7. The van der Waals surface area contributed by atoms with Gasteiger partial charge in [0.15, 0.2) is 5.82 Å². The van der Waals surface area contributed by atoms with Gasteiger partial charge in [0.2, 0.25) is 0 Å². The van der Waals surface area contributed by atoms with E-state index in [0.717, 1.165) is 15.5 Å². The molecule has 0 unspecified atom stereocenters. The number of nitrogens with two attached hydrogens (primary N) is 1. The number of anilines is 1. The minimum Gasteiger partial charge on any atom is -0.399 e. The molecule has 2 aromatic carbocycles. The van der Waals surface area contributed by atoms with Gasteiger partial charge >= 0.3 is 0 Å². The number of thioether (sulfide) groups is 1. The average Bonchev–Trinajstić information content (AvgIpc) is 2.95. The molecule has 0 saturated carbocycles. The maximum atomic E-state index is 6.11. The number of halogens is 1. The molecule has 0 fully saturated rings. The molecular weight excluding hydrogens is 306 g/mol. The monoisotopic (exact) mass is 317 g/mol. The predicted octanol–water partition coefficient (Wildman–Crippen LogP) is 4.26. The van der Waals surface area contributed by atoms with Crippen LogP contribution in [0, 0.1) is 0 Å². The third-order valence-corrected chi connectivity index (χ3v) is 4.31. The van der Waals surface area contributed by atoms with Gasteiger partial charge in [0.05, 0.1) is 10.8 Å². The van der Waals surface area contributed by atoms with Gasteiger partial charge in [-0.05, 0) is 30.3 Å². The number of nitrogens with zero attached hydrogens (tertiary/aromatic N) is 2. The van der Waals surface area contributed by atoms with E-state index >= 15 is 0 Å². The smallest absolute Gasteiger partial charge is 0.258 e. The van der Waals surface area contributed by atoms with Crippen molar-refractivity contribution in [3.63, 3.8) is 0 Å². The van der Waals surface area contributed by atoms with E-state index in [1.807, 2.05) is 42.5 Å². The number of nitrogen functional groups attached to an aromatic ring is 1. The first-order chi connectivity index (χ1) is 10.2. The van der Waals surface area contributed by atoms with E-state index in [1.165, 1.54) is 0 Å². The maximum absolute atomic E-state index is 6.11. The zero-order chi connectivity index (χ0) is 14.7. The van der Waals surface area contributed by atoms with Crippen LogP contribution in [0.1, 0.15) is 5.82 Å². The summed E-state index contributed by atoms with van der Waals surface area (Å²) in [6, 6.07) is 15.0. The Kier molecular flexibility index (Phi) is 4.13. The Hall–Kier alpha value is -1.98. The fraction of sp³-hybridized carbons (Fsp3) is 0.0667. The van der Waals surface area contributed by atoms with Crippen molar-refractivity contribution in [2.45, 2.75) is 10.6 Å². The second-order valence-electron chi connectivity index (χ2n) is 4.36. The molecule has 0 saturated heterocycles. The minimum atomic E-state index is 0.469. The molecule has 0 bridgehead atoms. The van der Waals surface area contributed by atoms with Crippen LogP contribution in [0.3, 0.4) is 0 Å². The summed E-state index contributed by atoms with van der Waals surface area (Å²) in [6.07, 6.45) is 0. The Morgan fingerprint density at radius 2 is 2.00 bits per heavy atom. The molecule has 2 N–H and O–H groups in total. The molecule has 1 aromatic heterocycles. The zero-order valence-corrected chi connectivity index (χ0v) is 12.6. The van der Waals surface area contributed by atoms with E-state index in [1.54, 1.807) is 17.8 Å². The number of rotatable bonds is 4. The Morgan fingerprint density at radius 3 is 2.81 bits per heavy atom. The third-order valence-electron chi connectivity index (χ3n) is 2.80. The molecule has 0 amide bonds. The molecule has 0 radical (unpaired) electrons. The number of benzene rings is 2. The molecule has 3 rings (SSSR count). The highest BCUT2D eigenvalue weighted by atomic mass is 35.5. The summed E-state index contributed by atoms with van der Waals surface area (Å²) in [5.74, 6) is 1.68. The topological polar surface area (TPSA) is 64.9 Å². The summed E-state index contributed by atoms with van der Waals surface area (Å²) in [5.41, 5.74) is 7.23. The molecule has 1 heterocycles. The Labute approximate surface area is 131 Å². The molecule has 106 valence electrons. The van der Waals surface area contributed by atoms with E-state index in [-0.39, 0.29) is 0 Å². The van der Waals surface area contributed by atoms with Crippen LogP contribution >= 0.6 is 23.4 Å². The van der Waals surface area contributed by atoms with Crippen molar-refractivity contribution < 1.29 is 4.52 Å². The van der Waals surface area contributed by atoms with Crippen molar-refractivity contribution in [2.75, 3.05) is 5.73 Å². The summed E-state index contributed by atoms with van der Waals surface area (Å²) < 4.78 is 5.26. The van der Waals surface area contributed by atoms with Crippen molar-refractivity contribution in [2.24, 2.45) is 0 Å². The molecule has 0 aliphatic heterocycles. The van der Waals surface area contributed by atoms with Gasteiger partial charge in [0.25, 0.3) is 5.89 Å². The van der Waals surface area contributed by atoms with Crippen molar-refractivity contribution in [1.29, 1.82) is 0 Å². The number of aromatic nitrogens is 2. The zero-order valence-electron chi connectivity index (χ0n) is 11.0. The van der Waals surface area contributed by atoms with Crippen LogP contribution in [0.5, 0.6) is 0 Å². The second-order valence-corrected chi connectivity index (χ2v) is 5.78. The fourth-order valence-corrected chi connectivity index (χ4v) is 2.89. The molecule has 0 spiro atoms.